The molecule has 3 rings (SSSR count). The van der Waals surface area contributed by atoms with Gasteiger partial charge in [0.2, 0.25) is 5.82 Å². The first-order chi connectivity index (χ1) is 14.4. The fraction of sp³-hybridized carbons (Fsp3) is 0.304. The van der Waals surface area contributed by atoms with Gasteiger partial charge in [-0.25, -0.2) is 9.67 Å². The lowest BCUT2D eigenvalue weighted by atomic mass is 10.0. The quantitative estimate of drug-likeness (QED) is 0.620. The van der Waals surface area contributed by atoms with Gasteiger partial charge in [0.1, 0.15) is 5.82 Å². The van der Waals surface area contributed by atoms with Crippen molar-refractivity contribution in [1.29, 1.82) is 0 Å². The second-order valence-electron chi connectivity index (χ2n) is 7.40. The third kappa shape index (κ3) is 4.74. The second-order valence-corrected chi connectivity index (χ2v) is 7.40. The van der Waals surface area contributed by atoms with Crippen LogP contribution in [0.5, 0.6) is 0 Å². The van der Waals surface area contributed by atoms with E-state index in [1.54, 1.807) is 28.9 Å². The van der Waals surface area contributed by atoms with Crippen LogP contribution in [0.25, 0.3) is 5.69 Å². The van der Waals surface area contributed by atoms with Crippen molar-refractivity contribution in [3.8, 4) is 5.69 Å². The number of hydrogen-bond donors (Lipinski definition) is 2. The molecule has 1 aromatic heterocycles. The molecule has 0 bridgehead atoms. The zero-order chi connectivity index (χ0) is 21.7. The van der Waals surface area contributed by atoms with E-state index in [0.717, 1.165) is 17.7 Å². The Hall–Kier alpha value is -3.48. The summed E-state index contributed by atoms with van der Waals surface area (Å²) in [6, 6.07) is 14.7. The zero-order valence-corrected chi connectivity index (χ0v) is 17.8. The minimum Gasteiger partial charge on any atom is -0.352 e. The number of rotatable bonds is 7. The Bertz CT molecular complexity index is 1040. The first kappa shape index (κ1) is 21.2. The van der Waals surface area contributed by atoms with Crippen molar-refractivity contribution in [3.63, 3.8) is 0 Å². The molecular formula is C23H27N5O2. The van der Waals surface area contributed by atoms with Gasteiger partial charge in [-0.2, -0.15) is 0 Å². The van der Waals surface area contributed by atoms with E-state index in [2.05, 4.69) is 40.6 Å². The van der Waals surface area contributed by atoms with Gasteiger partial charge in [0.25, 0.3) is 11.8 Å². The summed E-state index contributed by atoms with van der Waals surface area (Å²) < 4.78 is 1.70. The van der Waals surface area contributed by atoms with E-state index in [1.165, 1.54) is 0 Å². The number of carbonyl (C=O) groups is 2. The zero-order valence-electron chi connectivity index (χ0n) is 17.8. The van der Waals surface area contributed by atoms with Crippen LogP contribution in [0.4, 0.5) is 5.69 Å². The molecule has 1 heterocycles. The number of aromatic nitrogens is 3. The van der Waals surface area contributed by atoms with Crippen LogP contribution in [-0.2, 0) is 0 Å². The number of anilines is 1. The van der Waals surface area contributed by atoms with E-state index < -0.39 is 5.91 Å². The molecule has 0 saturated carbocycles. The number of aryl methyl sites for hydroxylation is 1. The van der Waals surface area contributed by atoms with Crippen molar-refractivity contribution < 1.29 is 9.59 Å². The highest BCUT2D eigenvalue weighted by molar-refractivity contribution is 6.02. The Morgan fingerprint density at radius 3 is 2.40 bits per heavy atom. The van der Waals surface area contributed by atoms with E-state index in [1.807, 2.05) is 32.0 Å². The van der Waals surface area contributed by atoms with Gasteiger partial charge in [0.15, 0.2) is 0 Å². The molecule has 0 atom stereocenters. The molecule has 2 aromatic carbocycles. The van der Waals surface area contributed by atoms with Gasteiger partial charge < -0.3 is 10.6 Å². The van der Waals surface area contributed by atoms with Crippen LogP contribution in [0.1, 0.15) is 65.5 Å². The first-order valence-electron chi connectivity index (χ1n) is 10.1. The summed E-state index contributed by atoms with van der Waals surface area (Å²) in [6.07, 6.45) is 0.876. The second kappa shape index (κ2) is 9.35. The molecule has 3 aromatic rings. The van der Waals surface area contributed by atoms with Crippen molar-refractivity contribution in [2.45, 2.75) is 40.0 Å². The van der Waals surface area contributed by atoms with Crippen LogP contribution < -0.4 is 10.6 Å². The highest BCUT2D eigenvalue weighted by Crippen LogP contribution is 2.23. The van der Waals surface area contributed by atoms with Gasteiger partial charge in [-0.3, -0.25) is 9.59 Å². The lowest BCUT2D eigenvalue weighted by molar-refractivity contribution is 0.0953. The maximum absolute atomic E-state index is 12.7. The summed E-state index contributed by atoms with van der Waals surface area (Å²) in [6.45, 7) is 8.68. The number of para-hydroxylation sites is 1. The predicted octanol–water partition coefficient (Wildman–Crippen LogP) is 4.09. The molecule has 7 nitrogen and oxygen atoms in total. The smallest absolute Gasteiger partial charge is 0.295 e. The van der Waals surface area contributed by atoms with Crippen molar-refractivity contribution in [2.24, 2.45) is 0 Å². The molecule has 0 aliphatic carbocycles. The van der Waals surface area contributed by atoms with Crippen LogP contribution >= 0.6 is 0 Å². The normalized spacial score (nSPS) is 10.8. The monoisotopic (exact) mass is 405 g/mol. The van der Waals surface area contributed by atoms with E-state index >= 15 is 0 Å². The van der Waals surface area contributed by atoms with Gasteiger partial charge in [-0.15, -0.1) is 5.10 Å². The highest BCUT2D eigenvalue weighted by atomic mass is 16.2. The number of nitrogens with zero attached hydrogens (tertiary/aromatic N) is 3. The number of amides is 2. The lowest BCUT2D eigenvalue weighted by Gasteiger charge is -2.12. The SMILES string of the molecule is CCCNC(=O)c1ccc(NC(=O)c2nc(C)n(-c3ccccc3C(C)C)n2)cc1. The maximum atomic E-state index is 12.7. The minimum atomic E-state index is -0.401. The van der Waals surface area contributed by atoms with Gasteiger partial charge >= 0.3 is 0 Å². The Labute approximate surface area is 176 Å². The predicted molar refractivity (Wildman–Crippen MR) is 117 cm³/mol. The molecule has 2 amide bonds. The molecule has 0 spiro atoms. The van der Waals surface area contributed by atoms with Crippen molar-refractivity contribution in [3.05, 3.63) is 71.3 Å². The Morgan fingerprint density at radius 1 is 1.03 bits per heavy atom. The minimum absolute atomic E-state index is 0.0934. The maximum Gasteiger partial charge on any atom is 0.295 e. The molecule has 2 N–H and O–H groups in total. The van der Waals surface area contributed by atoms with Gasteiger partial charge in [0, 0.05) is 17.8 Å². The lowest BCUT2D eigenvalue weighted by Crippen LogP contribution is -2.23. The summed E-state index contributed by atoms with van der Waals surface area (Å²) in [5.41, 5.74) is 3.17. The molecule has 0 aliphatic rings. The van der Waals surface area contributed by atoms with Crippen LogP contribution in [0.2, 0.25) is 0 Å². The molecule has 0 aliphatic heterocycles. The number of nitrogens with one attached hydrogen (secondary N) is 2. The number of hydrogen-bond acceptors (Lipinski definition) is 4. The highest BCUT2D eigenvalue weighted by Gasteiger charge is 2.18. The fourth-order valence-electron chi connectivity index (χ4n) is 3.12. The number of carbonyl (C=O) groups excluding carboxylic acids is 2. The van der Waals surface area contributed by atoms with Crippen LogP contribution in [0.15, 0.2) is 48.5 Å². The third-order valence-electron chi connectivity index (χ3n) is 4.70. The Balaban J connectivity index is 1.76. The van der Waals surface area contributed by atoms with Crippen LogP contribution in [0.3, 0.4) is 0 Å². The largest absolute Gasteiger partial charge is 0.352 e. The topological polar surface area (TPSA) is 88.9 Å². The van der Waals surface area contributed by atoms with Crippen molar-refractivity contribution >= 4 is 17.5 Å². The van der Waals surface area contributed by atoms with E-state index in [9.17, 15) is 9.59 Å². The van der Waals surface area contributed by atoms with E-state index in [0.29, 0.717) is 29.5 Å². The summed E-state index contributed by atoms with van der Waals surface area (Å²) in [7, 11) is 0. The molecule has 0 saturated heterocycles. The average Bonchev–Trinajstić information content (AvgIpc) is 3.14. The Morgan fingerprint density at radius 2 is 1.73 bits per heavy atom. The Kier molecular flexibility index (Phi) is 6.61. The van der Waals surface area contributed by atoms with E-state index in [4.69, 9.17) is 0 Å². The summed E-state index contributed by atoms with van der Waals surface area (Å²) in [5, 5.41) is 10.0. The van der Waals surface area contributed by atoms with Crippen LogP contribution in [-0.4, -0.2) is 33.1 Å². The van der Waals surface area contributed by atoms with Crippen LogP contribution in [0, 0.1) is 6.92 Å². The standard InChI is InChI=1S/C23H27N5O2/c1-5-14-24-22(29)17-10-12-18(13-11-17)26-23(30)21-25-16(4)28(27-21)20-9-7-6-8-19(20)15(2)3/h6-13,15H,5,14H2,1-4H3,(H,24,29)(H,26,30). The third-order valence-corrected chi connectivity index (χ3v) is 4.70. The summed E-state index contributed by atoms with van der Waals surface area (Å²) >= 11 is 0. The summed E-state index contributed by atoms with van der Waals surface area (Å²) in [4.78, 5) is 29.0. The molecule has 0 fully saturated rings. The van der Waals surface area contributed by atoms with Crippen molar-refractivity contribution in [2.75, 3.05) is 11.9 Å². The molecule has 30 heavy (non-hydrogen) atoms. The summed E-state index contributed by atoms with van der Waals surface area (Å²) in [5.74, 6) is 0.513. The molecular weight excluding hydrogens is 378 g/mol. The molecule has 156 valence electrons. The van der Waals surface area contributed by atoms with Gasteiger partial charge in [-0.1, -0.05) is 39.0 Å². The van der Waals surface area contributed by atoms with Gasteiger partial charge in [0.05, 0.1) is 5.69 Å². The molecule has 7 heteroatoms. The van der Waals surface area contributed by atoms with Gasteiger partial charge in [-0.05, 0) is 55.2 Å². The molecule has 0 radical (unpaired) electrons. The van der Waals surface area contributed by atoms with E-state index in [-0.39, 0.29) is 11.7 Å². The average molecular weight is 406 g/mol. The first-order valence-corrected chi connectivity index (χ1v) is 10.1. The fourth-order valence-corrected chi connectivity index (χ4v) is 3.12. The molecule has 0 unspecified atom stereocenters. The number of benzene rings is 2. The van der Waals surface area contributed by atoms with Crippen molar-refractivity contribution in [1.82, 2.24) is 20.1 Å².